The summed E-state index contributed by atoms with van der Waals surface area (Å²) in [6.45, 7) is 2.54. The van der Waals surface area contributed by atoms with Crippen molar-refractivity contribution >= 4 is 27.6 Å². The van der Waals surface area contributed by atoms with Crippen molar-refractivity contribution in [2.75, 3.05) is 19.3 Å². The zero-order valence-electron chi connectivity index (χ0n) is 12.0. The third kappa shape index (κ3) is 4.18. The summed E-state index contributed by atoms with van der Waals surface area (Å²) >= 11 is 5.86. The summed E-state index contributed by atoms with van der Waals surface area (Å²) in [5, 5.41) is 0.591. The van der Waals surface area contributed by atoms with E-state index < -0.39 is 10.0 Å². The van der Waals surface area contributed by atoms with Crippen molar-refractivity contribution in [3.05, 3.63) is 28.8 Å². The third-order valence-corrected chi connectivity index (χ3v) is 5.14. The van der Waals surface area contributed by atoms with Gasteiger partial charge in [0.25, 0.3) is 0 Å². The number of hydrogen-bond acceptors (Lipinski definition) is 4. The molecule has 0 atom stereocenters. The van der Waals surface area contributed by atoms with E-state index in [-0.39, 0.29) is 11.9 Å². The van der Waals surface area contributed by atoms with Crippen molar-refractivity contribution in [3.8, 4) is 5.75 Å². The van der Waals surface area contributed by atoms with Crippen molar-refractivity contribution < 1.29 is 17.9 Å². The van der Waals surface area contributed by atoms with Crippen LogP contribution in [-0.2, 0) is 14.8 Å². The van der Waals surface area contributed by atoms with Gasteiger partial charge >= 0.3 is 5.97 Å². The minimum atomic E-state index is -3.18. The van der Waals surface area contributed by atoms with E-state index in [0.717, 1.165) is 5.56 Å². The quantitative estimate of drug-likeness (QED) is 0.629. The Morgan fingerprint density at radius 3 is 2.48 bits per heavy atom. The summed E-state index contributed by atoms with van der Waals surface area (Å²) in [5.74, 6) is -0.0819. The maximum Gasteiger partial charge on any atom is 0.314 e. The van der Waals surface area contributed by atoms with Crippen molar-refractivity contribution in [1.82, 2.24) is 4.31 Å². The van der Waals surface area contributed by atoms with Crippen molar-refractivity contribution in [1.29, 1.82) is 0 Å². The second-order valence-electron chi connectivity index (χ2n) is 5.27. The Balaban J connectivity index is 1.96. The number of nitrogens with zero attached hydrogens (tertiary/aromatic N) is 1. The molecule has 1 aliphatic heterocycles. The highest BCUT2D eigenvalue weighted by Crippen LogP contribution is 2.25. The van der Waals surface area contributed by atoms with E-state index in [1.54, 1.807) is 18.2 Å². The first-order valence-electron chi connectivity index (χ1n) is 6.70. The lowest BCUT2D eigenvalue weighted by Crippen LogP contribution is -2.40. The number of benzene rings is 1. The summed E-state index contributed by atoms with van der Waals surface area (Å²) in [5.41, 5.74) is 0.796. The number of carbonyl (C=O) groups excluding carboxylic acids is 1. The van der Waals surface area contributed by atoms with Crippen LogP contribution in [0.2, 0.25) is 5.02 Å². The van der Waals surface area contributed by atoms with E-state index >= 15 is 0 Å². The molecule has 1 saturated heterocycles. The van der Waals surface area contributed by atoms with Gasteiger partial charge in [-0.25, -0.2) is 12.7 Å². The van der Waals surface area contributed by atoms with Crippen molar-refractivity contribution in [3.63, 3.8) is 0 Å². The molecule has 2 rings (SSSR count). The molecular weight excluding hydrogens is 314 g/mol. The smallest absolute Gasteiger partial charge is 0.314 e. The molecule has 0 saturated carbocycles. The van der Waals surface area contributed by atoms with Crippen LogP contribution in [0.3, 0.4) is 0 Å². The van der Waals surface area contributed by atoms with E-state index in [9.17, 15) is 13.2 Å². The molecule has 0 radical (unpaired) electrons. The molecule has 0 bridgehead atoms. The van der Waals surface area contributed by atoms with E-state index in [4.69, 9.17) is 16.3 Å². The number of aryl methyl sites for hydroxylation is 1. The predicted molar refractivity (Wildman–Crippen MR) is 81.0 cm³/mol. The first kappa shape index (κ1) is 16.3. The number of esters is 1. The summed E-state index contributed by atoms with van der Waals surface area (Å²) in [6, 6.07) is 5.07. The van der Waals surface area contributed by atoms with Crippen LogP contribution in [0.25, 0.3) is 0 Å². The minimum Gasteiger partial charge on any atom is -0.426 e. The fraction of sp³-hybridized carbons (Fsp3) is 0.500. The van der Waals surface area contributed by atoms with Crippen molar-refractivity contribution in [2.24, 2.45) is 5.92 Å². The molecule has 0 N–H and O–H groups in total. The number of hydrogen-bond donors (Lipinski definition) is 0. The molecule has 1 aromatic rings. The lowest BCUT2D eigenvalue weighted by atomic mass is 9.98. The van der Waals surface area contributed by atoms with Crippen LogP contribution in [0.1, 0.15) is 18.4 Å². The average molecular weight is 332 g/mol. The highest BCUT2D eigenvalue weighted by Gasteiger charge is 2.30. The van der Waals surface area contributed by atoms with Crippen LogP contribution in [-0.4, -0.2) is 38.0 Å². The lowest BCUT2D eigenvalue weighted by molar-refractivity contribution is -0.140. The molecule has 1 heterocycles. The van der Waals surface area contributed by atoms with Crippen LogP contribution in [0.15, 0.2) is 18.2 Å². The Bertz CT molecular complexity index is 636. The maximum absolute atomic E-state index is 12.1. The molecule has 0 aliphatic carbocycles. The lowest BCUT2D eigenvalue weighted by Gasteiger charge is -2.28. The van der Waals surface area contributed by atoms with Gasteiger partial charge in [-0.1, -0.05) is 11.6 Å². The van der Waals surface area contributed by atoms with Crippen molar-refractivity contribution in [2.45, 2.75) is 19.8 Å². The number of ether oxygens (including phenoxy) is 1. The Morgan fingerprint density at radius 2 is 1.95 bits per heavy atom. The summed E-state index contributed by atoms with van der Waals surface area (Å²) in [7, 11) is -3.18. The standard InChI is InChI=1S/C14H18ClNO4S/c1-10-9-12(15)3-4-13(10)20-14(17)11-5-7-16(8-6-11)21(2,18)19/h3-4,9,11H,5-8H2,1-2H3. The summed E-state index contributed by atoms with van der Waals surface area (Å²) < 4.78 is 29.6. The number of halogens is 1. The molecule has 5 nitrogen and oxygen atoms in total. The number of rotatable bonds is 3. The molecule has 0 amide bonds. The van der Waals surface area contributed by atoms with Gasteiger partial charge in [0.2, 0.25) is 10.0 Å². The van der Waals surface area contributed by atoms with Gasteiger partial charge in [-0.2, -0.15) is 0 Å². The zero-order valence-corrected chi connectivity index (χ0v) is 13.6. The van der Waals surface area contributed by atoms with Crippen LogP contribution < -0.4 is 4.74 Å². The monoisotopic (exact) mass is 331 g/mol. The number of sulfonamides is 1. The molecule has 116 valence electrons. The predicted octanol–water partition coefficient (Wildman–Crippen LogP) is 2.23. The summed E-state index contributed by atoms with van der Waals surface area (Å²) in [4.78, 5) is 12.1. The Labute approximate surface area is 129 Å². The van der Waals surface area contributed by atoms with Gasteiger partial charge in [0, 0.05) is 18.1 Å². The molecular formula is C14H18ClNO4S. The molecule has 0 unspecified atom stereocenters. The molecule has 1 aromatic carbocycles. The SMILES string of the molecule is Cc1cc(Cl)ccc1OC(=O)C1CCN(S(C)(=O)=O)CC1. The number of carbonyl (C=O) groups is 1. The first-order valence-corrected chi connectivity index (χ1v) is 8.93. The second kappa shape index (κ2) is 6.34. The van der Waals surface area contributed by atoms with Gasteiger partial charge in [0.1, 0.15) is 5.75 Å². The molecule has 21 heavy (non-hydrogen) atoms. The maximum atomic E-state index is 12.1. The van der Waals surface area contributed by atoms with Gasteiger partial charge in [-0.15, -0.1) is 0 Å². The number of piperidine rings is 1. The molecule has 0 spiro atoms. The molecule has 0 aromatic heterocycles. The fourth-order valence-electron chi connectivity index (χ4n) is 2.34. The van der Waals surface area contributed by atoms with Gasteiger partial charge in [0.15, 0.2) is 0 Å². The van der Waals surface area contributed by atoms with Gasteiger partial charge in [-0.05, 0) is 43.5 Å². The molecule has 7 heteroatoms. The second-order valence-corrected chi connectivity index (χ2v) is 7.69. The van der Waals surface area contributed by atoms with Gasteiger partial charge in [-0.3, -0.25) is 4.79 Å². The van der Waals surface area contributed by atoms with Crippen LogP contribution in [0, 0.1) is 12.8 Å². The van der Waals surface area contributed by atoms with Crippen LogP contribution in [0.5, 0.6) is 5.75 Å². The Hall–Kier alpha value is -1.11. The Kier molecular flexibility index (Phi) is 4.91. The van der Waals surface area contributed by atoms with Crippen LogP contribution in [0.4, 0.5) is 0 Å². The zero-order chi connectivity index (χ0) is 15.6. The highest BCUT2D eigenvalue weighted by atomic mass is 35.5. The van der Waals surface area contributed by atoms with E-state index in [1.165, 1.54) is 10.6 Å². The Morgan fingerprint density at radius 1 is 1.33 bits per heavy atom. The molecule has 1 aliphatic rings. The summed E-state index contributed by atoms with van der Waals surface area (Å²) in [6.07, 6.45) is 2.15. The van der Waals surface area contributed by atoms with Gasteiger partial charge in [0.05, 0.1) is 12.2 Å². The van der Waals surface area contributed by atoms with E-state index in [1.807, 2.05) is 6.92 Å². The normalized spacial score (nSPS) is 17.7. The van der Waals surface area contributed by atoms with E-state index in [0.29, 0.717) is 36.7 Å². The largest absolute Gasteiger partial charge is 0.426 e. The van der Waals surface area contributed by atoms with Gasteiger partial charge < -0.3 is 4.74 Å². The minimum absolute atomic E-state index is 0.266. The highest BCUT2D eigenvalue weighted by molar-refractivity contribution is 7.88. The fourth-order valence-corrected chi connectivity index (χ4v) is 3.44. The third-order valence-electron chi connectivity index (χ3n) is 3.60. The first-order chi connectivity index (χ1) is 9.77. The molecule has 1 fully saturated rings. The van der Waals surface area contributed by atoms with Crippen LogP contribution >= 0.6 is 11.6 Å². The van der Waals surface area contributed by atoms with E-state index in [2.05, 4.69) is 0 Å². The average Bonchev–Trinajstić information content (AvgIpc) is 2.41. The topological polar surface area (TPSA) is 63.7 Å².